The van der Waals surface area contributed by atoms with Crippen LogP contribution in [0.15, 0.2) is 6.33 Å². The van der Waals surface area contributed by atoms with E-state index in [0.29, 0.717) is 5.82 Å². The molecule has 6 nitrogen and oxygen atoms in total. The first kappa shape index (κ1) is 13.5. The second-order valence-corrected chi connectivity index (χ2v) is 5.47. The number of nitrogens with two attached hydrogens (primary N) is 1. The number of methoxy groups -OCH3 is 1. The fraction of sp³-hybridized carbons (Fsp3) is 0.417. The van der Waals surface area contributed by atoms with E-state index in [1.807, 2.05) is 20.8 Å². The first-order chi connectivity index (χ1) is 8.95. The maximum atomic E-state index is 11.5. The minimum atomic E-state index is -0.527. The number of hydrogen-bond acceptors (Lipinski definition) is 6. The number of aryl methyl sites for hydroxylation is 2. The number of esters is 1. The molecule has 0 amide bonds. The lowest BCUT2D eigenvalue weighted by Gasteiger charge is -2.13. The van der Waals surface area contributed by atoms with Gasteiger partial charge in [-0.1, -0.05) is 0 Å². The standard InChI is InChI=1S/C12H16N4O2S/c1-6-10(19-8(3)15-6)7(2)16-5-14-9(11(16)13)12(17)18-4/h5,7H,13H2,1-4H3. The van der Waals surface area contributed by atoms with Gasteiger partial charge in [0.05, 0.1) is 35.1 Å². The van der Waals surface area contributed by atoms with Crippen molar-refractivity contribution < 1.29 is 9.53 Å². The molecule has 0 saturated carbocycles. The summed E-state index contributed by atoms with van der Waals surface area (Å²) < 4.78 is 6.40. The Morgan fingerprint density at radius 2 is 2.21 bits per heavy atom. The highest BCUT2D eigenvalue weighted by Crippen LogP contribution is 2.30. The van der Waals surface area contributed by atoms with Crippen LogP contribution in [0.4, 0.5) is 5.82 Å². The minimum Gasteiger partial charge on any atom is -0.464 e. The van der Waals surface area contributed by atoms with E-state index in [1.54, 1.807) is 22.2 Å². The van der Waals surface area contributed by atoms with Crippen LogP contribution < -0.4 is 5.73 Å². The molecule has 1 unspecified atom stereocenters. The lowest BCUT2D eigenvalue weighted by Crippen LogP contribution is -2.11. The predicted molar refractivity (Wildman–Crippen MR) is 73.4 cm³/mol. The van der Waals surface area contributed by atoms with Gasteiger partial charge in [-0.2, -0.15) is 0 Å². The normalized spacial score (nSPS) is 12.4. The van der Waals surface area contributed by atoms with Crippen LogP contribution in [0, 0.1) is 13.8 Å². The summed E-state index contributed by atoms with van der Waals surface area (Å²) in [7, 11) is 1.31. The van der Waals surface area contributed by atoms with Crippen molar-refractivity contribution in [2.45, 2.75) is 26.8 Å². The van der Waals surface area contributed by atoms with E-state index in [9.17, 15) is 4.79 Å². The third kappa shape index (κ3) is 2.33. The van der Waals surface area contributed by atoms with Crippen molar-refractivity contribution in [3.8, 4) is 0 Å². The molecule has 0 fully saturated rings. The molecule has 2 rings (SSSR count). The molecule has 0 aliphatic carbocycles. The molecule has 1 atom stereocenters. The van der Waals surface area contributed by atoms with Gasteiger partial charge in [-0.3, -0.25) is 0 Å². The third-order valence-corrected chi connectivity index (χ3v) is 4.19. The Morgan fingerprint density at radius 1 is 1.53 bits per heavy atom. The highest BCUT2D eigenvalue weighted by Gasteiger charge is 2.21. The van der Waals surface area contributed by atoms with E-state index < -0.39 is 5.97 Å². The van der Waals surface area contributed by atoms with E-state index in [0.717, 1.165) is 15.6 Å². The molecule has 0 radical (unpaired) electrons. The van der Waals surface area contributed by atoms with Crippen LogP contribution >= 0.6 is 11.3 Å². The summed E-state index contributed by atoms with van der Waals surface area (Å²) in [4.78, 5) is 21.0. The first-order valence-corrected chi connectivity index (χ1v) is 6.61. The van der Waals surface area contributed by atoms with E-state index in [1.165, 1.54) is 7.11 Å². The van der Waals surface area contributed by atoms with E-state index >= 15 is 0 Å². The van der Waals surface area contributed by atoms with Crippen molar-refractivity contribution in [1.82, 2.24) is 14.5 Å². The largest absolute Gasteiger partial charge is 0.464 e. The number of carbonyl (C=O) groups excluding carboxylic acids is 1. The van der Waals surface area contributed by atoms with Crippen LogP contribution in [0.2, 0.25) is 0 Å². The molecule has 0 aliphatic heterocycles. The molecule has 0 bridgehead atoms. The second-order valence-electron chi connectivity index (χ2n) is 4.24. The van der Waals surface area contributed by atoms with Gasteiger partial charge in [0.15, 0.2) is 5.69 Å². The summed E-state index contributed by atoms with van der Waals surface area (Å²) in [6, 6.07) is -0.0166. The van der Waals surface area contributed by atoms with Gasteiger partial charge in [0.2, 0.25) is 0 Å². The Hall–Kier alpha value is -1.89. The topological polar surface area (TPSA) is 83.0 Å². The van der Waals surface area contributed by atoms with Crippen LogP contribution in [0.5, 0.6) is 0 Å². The van der Waals surface area contributed by atoms with E-state index in [4.69, 9.17) is 5.73 Å². The summed E-state index contributed by atoms with van der Waals surface area (Å²) in [6.45, 7) is 5.92. The highest BCUT2D eigenvalue weighted by atomic mass is 32.1. The fourth-order valence-corrected chi connectivity index (χ4v) is 2.97. The summed E-state index contributed by atoms with van der Waals surface area (Å²) in [5.74, 6) is -0.217. The second kappa shape index (κ2) is 5.00. The fourth-order valence-electron chi connectivity index (χ4n) is 1.99. The smallest absolute Gasteiger partial charge is 0.360 e. The van der Waals surface area contributed by atoms with Crippen molar-refractivity contribution in [3.05, 3.63) is 27.6 Å². The highest BCUT2D eigenvalue weighted by molar-refractivity contribution is 7.11. The minimum absolute atomic E-state index is 0.0166. The van der Waals surface area contributed by atoms with Gasteiger partial charge in [0.1, 0.15) is 5.82 Å². The Kier molecular flexibility index (Phi) is 3.57. The quantitative estimate of drug-likeness (QED) is 0.869. The number of nitrogen functional groups attached to an aromatic ring is 1. The predicted octanol–water partition coefficient (Wildman–Crippen LogP) is 1.93. The monoisotopic (exact) mass is 280 g/mol. The Bertz CT molecular complexity index is 617. The van der Waals surface area contributed by atoms with E-state index in [2.05, 4.69) is 14.7 Å². The number of hydrogen-bond donors (Lipinski definition) is 1. The molecule has 102 valence electrons. The lowest BCUT2D eigenvalue weighted by molar-refractivity contribution is 0.0596. The molecular formula is C12H16N4O2S. The Balaban J connectivity index is 2.40. The van der Waals surface area contributed by atoms with Gasteiger partial charge in [0, 0.05) is 0 Å². The zero-order valence-corrected chi connectivity index (χ0v) is 12.1. The Labute approximate surface area is 115 Å². The van der Waals surface area contributed by atoms with Crippen molar-refractivity contribution in [1.29, 1.82) is 0 Å². The molecule has 19 heavy (non-hydrogen) atoms. The van der Waals surface area contributed by atoms with Crippen molar-refractivity contribution in [3.63, 3.8) is 0 Å². The molecule has 7 heteroatoms. The number of ether oxygens (including phenoxy) is 1. The lowest BCUT2D eigenvalue weighted by atomic mass is 10.2. The zero-order chi connectivity index (χ0) is 14.2. The maximum absolute atomic E-state index is 11.5. The molecule has 2 N–H and O–H groups in total. The summed E-state index contributed by atoms with van der Waals surface area (Å²) in [5.41, 5.74) is 7.08. The number of aromatic nitrogens is 3. The maximum Gasteiger partial charge on any atom is 0.360 e. The molecular weight excluding hydrogens is 264 g/mol. The van der Waals surface area contributed by atoms with Crippen molar-refractivity contribution in [2.75, 3.05) is 12.8 Å². The first-order valence-electron chi connectivity index (χ1n) is 5.80. The number of anilines is 1. The Morgan fingerprint density at radius 3 is 2.74 bits per heavy atom. The van der Waals surface area contributed by atoms with Crippen molar-refractivity contribution in [2.24, 2.45) is 0 Å². The molecule has 0 aromatic carbocycles. The summed E-state index contributed by atoms with van der Waals surface area (Å²) in [5, 5.41) is 1.01. The van der Waals surface area contributed by atoms with Crippen LogP contribution in [0.25, 0.3) is 0 Å². The van der Waals surface area contributed by atoms with Crippen LogP contribution in [-0.2, 0) is 4.74 Å². The van der Waals surface area contributed by atoms with Crippen LogP contribution in [0.3, 0.4) is 0 Å². The molecule has 2 aromatic heterocycles. The average molecular weight is 280 g/mol. The van der Waals surface area contributed by atoms with Gasteiger partial charge in [0.25, 0.3) is 0 Å². The van der Waals surface area contributed by atoms with Gasteiger partial charge < -0.3 is 15.0 Å². The average Bonchev–Trinajstić information content (AvgIpc) is 2.90. The van der Waals surface area contributed by atoms with Gasteiger partial charge in [-0.15, -0.1) is 11.3 Å². The molecule has 0 saturated heterocycles. The van der Waals surface area contributed by atoms with Crippen LogP contribution in [0.1, 0.15) is 39.0 Å². The summed E-state index contributed by atoms with van der Waals surface area (Å²) in [6.07, 6.45) is 1.56. The molecule has 2 heterocycles. The summed E-state index contributed by atoms with van der Waals surface area (Å²) >= 11 is 1.62. The SMILES string of the molecule is COC(=O)c1ncn(C(C)c2sc(C)nc2C)c1N. The van der Waals surface area contributed by atoms with Crippen LogP contribution in [-0.4, -0.2) is 27.6 Å². The number of thiazole rings is 1. The number of nitrogens with zero attached hydrogens (tertiary/aromatic N) is 3. The molecule has 2 aromatic rings. The van der Waals surface area contributed by atoms with Gasteiger partial charge in [-0.05, 0) is 20.8 Å². The number of carbonyl (C=O) groups is 1. The molecule has 0 spiro atoms. The van der Waals surface area contributed by atoms with Gasteiger partial charge >= 0.3 is 5.97 Å². The van der Waals surface area contributed by atoms with Crippen molar-refractivity contribution >= 4 is 23.1 Å². The van der Waals surface area contributed by atoms with E-state index in [-0.39, 0.29) is 11.7 Å². The number of rotatable bonds is 3. The zero-order valence-electron chi connectivity index (χ0n) is 11.3. The third-order valence-electron chi connectivity index (χ3n) is 2.95. The number of imidazole rings is 1. The van der Waals surface area contributed by atoms with Gasteiger partial charge in [-0.25, -0.2) is 14.8 Å². The molecule has 0 aliphatic rings.